The van der Waals surface area contributed by atoms with Gasteiger partial charge in [-0.3, -0.25) is 0 Å². The van der Waals surface area contributed by atoms with E-state index in [0.717, 1.165) is 0 Å². The van der Waals surface area contributed by atoms with Crippen molar-refractivity contribution < 1.29 is 10.0 Å². The van der Waals surface area contributed by atoms with Crippen molar-refractivity contribution in [1.29, 1.82) is 0 Å². The topological polar surface area (TPSA) is 40.5 Å². The summed E-state index contributed by atoms with van der Waals surface area (Å²) in [4.78, 5) is 0. The van der Waals surface area contributed by atoms with E-state index in [1.807, 2.05) is 0 Å². The lowest BCUT2D eigenvalue weighted by Gasteiger charge is -1.86. The summed E-state index contributed by atoms with van der Waals surface area (Å²) in [5.74, 6) is 0. The molecule has 0 heterocycles. The lowest BCUT2D eigenvalue weighted by Crippen LogP contribution is -2.07. The lowest BCUT2D eigenvalue weighted by molar-refractivity contribution is 0.411. The molecule has 0 bridgehead atoms. The van der Waals surface area contributed by atoms with Gasteiger partial charge in [-0.1, -0.05) is 37.0 Å². The Hall–Kier alpha value is -0.795. The second-order valence-corrected chi connectivity index (χ2v) is 1.77. The molecular formula is C7H11BO2. The molecule has 0 saturated heterocycles. The molecule has 0 unspecified atom stereocenters. The predicted octanol–water partition coefficient (Wildman–Crippen LogP) is 0.758. The average Bonchev–Trinajstić information content (AvgIpc) is 1.87. The highest BCUT2D eigenvalue weighted by molar-refractivity contribution is 6.41. The Kier molecular flexibility index (Phi) is 5.82. The van der Waals surface area contributed by atoms with Gasteiger partial charge in [0.15, 0.2) is 0 Å². The zero-order valence-corrected chi connectivity index (χ0v) is 5.77. The highest BCUT2D eigenvalue weighted by Gasteiger charge is 1.99. The van der Waals surface area contributed by atoms with Crippen molar-refractivity contribution in [2.75, 3.05) is 0 Å². The molecule has 0 spiro atoms. The summed E-state index contributed by atoms with van der Waals surface area (Å²) in [5.41, 5.74) is 0. The summed E-state index contributed by atoms with van der Waals surface area (Å²) in [7, 11) is -1.24. The van der Waals surface area contributed by atoms with Crippen LogP contribution in [0.25, 0.3) is 0 Å². The Labute approximate surface area is 61.3 Å². The van der Waals surface area contributed by atoms with Crippen molar-refractivity contribution in [2.24, 2.45) is 0 Å². The first-order valence-corrected chi connectivity index (χ1v) is 3.07. The molecule has 0 radical (unpaired) electrons. The average molecular weight is 138 g/mol. The maximum atomic E-state index is 8.37. The van der Waals surface area contributed by atoms with E-state index in [4.69, 9.17) is 10.0 Å². The molecular weight excluding hydrogens is 127 g/mol. The number of hydrogen-bond acceptors (Lipinski definition) is 2. The van der Waals surface area contributed by atoms with Gasteiger partial charge in [0.25, 0.3) is 0 Å². The zero-order chi connectivity index (χ0) is 7.82. The van der Waals surface area contributed by atoms with E-state index in [0.29, 0.717) is 0 Å². The molecule has 3 heteroatoms. The quantitative estimate of drug-likeness (QED) is 0.444. The van der Waals surface area contributed by atoms with Gasteiger partial charge in [-0.05, 0) is 0 Å². The van der Waals surface area contributed by atoms with Gasteiger partial charge in [-0.2, -0.15) is 0 Å². The summed E-state index contributed by atoms with van der Waals surface area (Å²) in [6, 6.07) is 0. The number of rotatable bonds is 4. The van der Waals surface area contributed by atoms with Crippen LogP contribution < -0.4 is 0 Å². The van der Waals surface area contributed by atoms with Crippen molar-refractivity contribution in [1.82, 2.24) is 0 Å². The molecule has 0 fully saturated rings. The van der Waals surface area contributed by atoms with Crippen LogP contribution in [0.1, 0.15) is 0 Å². The molecule has 10 heavy (non-hydrogen) atoms. The van der Waals surface area contributed by atoms with Gasteiger partial charge >= 0.3 is 7.12 Å². The number of allylic oxidation sites excluding steroid dienone is 5. The van der Waals surface area contributed by atoms with Gasteiger partial charge in [0.05, 0.1) is 0 Å². The maximum absolute atomic E-state index is 8.37. The Morgan fingerprint density at radius 3 is 2.40 bits per heavy atom. The van der Waals surface area contributed by atoms with Crippen LogP contribution in [0.4, 0.5) is 0 Å². The third-order valence-electron chi connectivity index (χ3n) is 0.841. The molecule has 0 aliphatic carbocycles. The predicted molar refractivity (Wildman–Crippen MR) is 43.5 cm³/mol. The van der Waals surface area contributed by atoms with Gasteiger partial charge in [0.2, 0.25) is 0 Å². The molecule has 0 atom stereocenters. The molecule has 0 aromatic rings. The minimum absolute atomic E-state index is 0.265. The fourth-order valence-electron chi connectivity index (χ4n) is 0.422. The second-order valence-electron chi connectivity index (χ2n) is 1.77. The minimum atomic E-state index is -1.24. The third kappa shape index (κ3) is 7.20. The second kappa shape index (κ2) is 6.33. The van der Waals surface area contributed by atoms with Crippen molar-refractivity contribution in [3.8, 4) is 0 Å². The standard InChI is InChI=1S/C7H11BO2/c1-2-3-4-5-6-7-8(9)10/h2-6,9-10H,1,7H2/b4-3-,6-5-. The SMILES string of the molecule is C=C/C=C\C=C/CB(O)O. The van der Waals surface area contributed by atoms with Crippen LogP contribution in [0, 0.1) is 0 Å². The Balaban J connectivity index is 3.37. The first-order valence-electron chi connectivity index (χ1n) is 3.07. The van der Waals surface area contributed by atoms with E-state index in [1.165, 1.54) is 0 Å². The van der Waals surface area contributed by atoms with E-state index in [9.17, 15) is 0 Å². The molecule has 2 nitrogen and oxygen atoms in total. The van der Waals surface area contributed by atoms with Crippen LogP contribution in [-0.2, 0) is 0 Å². The summed E-state index contributed by atoms with van der Waals surface area (Å²) >= 11 is 0. The lowest BCUT2D eigenvalue weighted by atomic mass is 9.86. The van der Waals surface area contributed by atoms with Gasteiger partial charge in [0, 0.05) is 6.32 Å². The van der Waals surface area contributed by atoms with Crippen molar-refractivity contribution in [3.63, 3.8) is 0 Å². The summed E-state index contributed by atoms with van der Waals surface area (Å²) in [6.45, 7) is 3.47. The van der Waals surface area contributed by atoms with Crippen LogP contribution in [0.2, 0.25) is 6.32 Å². The molecule has 0 rings (SSSR count). The fourth-order valence-corrected chi connectivity index (χ4v) is 0.422. The normalized spacial score (nSPS) is 11.0. The van der Waals surface area contributed by atoms with Gasteiger partial charge in [-0.25, -0.2) is 0 Å². The molecule has 54 valence electrons. The monoisotopic (exact) mass is 138 g/mol. The smallest absolute Gasteiger partial charge is 0.427 e. The van der Waals surface area contributed by atoms with E-state index in [-0.39, 0.29) is 6.32 Å². The zero-order valence-electron chi connectivity index (χ0n) is 5.77. The Morgan fingerprint density at radius 2 is 1.90 bits per heavy atom. The van der Waals surface area contributed by atoms with Crippen molar-refractivity contribution in [2.45, 2.75) is 6.32 Å². The third-order valence-corrected chi connectivity index (χ3v) is 0.841. The van der Waals surface area contributed by atoms with E-state index in [1.54, 1.807) is 30.4 Å². The molecule has 0 amide bonds. The summed E-state index contributed by atoms with van der Waals surface area (Å²) in [5, 5.41) is 16.7. The van der Waals surface area contributed by atoms with Crippen molar-refractivity contribution >= 4 is 7.12 Å². The minimum Gasteiger partial charge on any atom is -0.427 e. The number of hydrogen-bond donors (Lipinski definition) is 2. The first kappa shape index (κ1) is 9.20. The molecule has 0 aliphatic heterocycles. The highest BCUT2D eigenvalue weighted by Crippen LogP contribution is 1.87. The van der Waals surface area contributed by atoms with Crippen LogP contribution in [-0.4, -0.2) is 17.2 Å². The molecule has 0 aromatic carbocycles. The maximum Gasteiger partial charge on any atom is 0.455 e. The van der Waals surface area contributed by atoms with Crippen LogP contribution in [0.15, 0.2) is 37.0 Å². The van der Waals surface area contributed by atoms with Crippen LogP contribution >= 0.6 is 0 Å². The van der Waals surface area contributed by atoms with Gasteiger partial charge in [0.1, 0.15) is 0 Å². The van der Waals surface area contributed by atoms with E-state index in [2.05, 4.69) is 6.58 Å². The van der Waals surface area contributed by atoms with Gasteiger partial charge in [-0.15, -0.1) is 0 Å². The molecule has 0 saturated carbocycles. The molecule has 2 N–H and O–H groups in total. The fraction of sp³-hybridized carbons (Fsp3) is 0.143. The Bertz CT molecular complexity index is 139. The van der Waals surface area contributed by atoms with Crippen LogP contribution in [0.3, 0.4) is 0 Å². The molecule has 0 aromatic heterocycles. The van der Waals surface area contributed by atoms with Gasteiger partial charge < -0.3 is 10.0 Å². The van der Waals surface area contributed by atoms with E-state index >= 15 is 0 Å². The highest BCUT2D eigenvalue weighted by atomic mass is 16.4. The largest absolute Gasteiger partial charge is 0.455 e. The van der Waals surface area contributed by atoms with Crippen molar-refractivity contribution in [3.05, 3.63) is 37.0 Å². The van der Waals surface area contributed by atoms with E-state index < -0.39 is 7.12 Å². The summed E-state index contributed by atoms with van der Waals surface area (Å²) < 4.78 is 0. The first-order chi connectivity index (χ1) is 4.77. The van der Waals surface area contributed by atoms with Crippen LogP contribution in [0.5, 0.6) is 0 Å². The summed E-state index contributed by atoms with van der Waals surface area (Å²) in [6.07, 6.45) is 8.86. The Morgan fingerprint density at radius 1 is 1.20 bits per heavy atom. The molecule has 0 aliphatic rings.